The zero-order valence-corrected chi connectivity index (χ0v) is 16.3. The van der Waals surface area contributed by atoms with Crippen molar-refractivity contribution in [2.24, 2.45) is 0 Å². The Kier molecular flexibility index (Phi) is 7.28. The van der Waals surface area contributed by atoms with Crippen molar-refractivity contribution in [2.45, 2.75) is 13.0 Å². The molecule has 0 radical (unpaired) electrons. The highest BCUT2D eigenvalue weighted by Crippen LogP contribution is 2.32. The normalized spacial score (nSPS) is 11.0. The van der Waals surface area contributed by atoms with Gasteiger partial charge in [-0.1, -0.05) is 12.1 Å². The number of hydrogen-bond donors (Lipinski definition) is 2. The van der Waals surface area contributed by atoms with Crippen LogP contribution >= 0.6 is 11.3 Å². The fourth-order valence-corrected chi connectivity index (χ4v) is 3.14. The van der Waals surface area contributed by atoms with Gasteiger partial charge in [-0.25, -0.2) is 4.98 Å². The first kappa shape index (κ1) is 21.2. The second-order valence-electron chi connectivity index (χ2n) is 5.85. The van der Waals surface area contributed by atoms with Crippen molar-refractivity contribution in [3.63, 3.8) is 0 Å². The minimum atomic E-state index is -2.95. The number of carbonyl (C=O) groups excluding carboxylic acids is 2. The van der Waals surface area contributed by atoms with Crippen LogP contribution in [0.3, 0.4) is 0 Å². The van der Waals surface area contributed by atoms with E-state index in [1.165, 1.54) is 24.5 Å². The number of para-hydroxylation sites is 1. The van der Waals surface area contributed by atoms with Crippen LogP contribution in [0.15, 0.2) is 58.5 Å². The molecular formula is C20H17F2N3O4S. The highest BCUT2D eigenvalue weighted by atomic mass is 32.1. The SMILES string of the molecule is O=C(/C=C/c1ccco1)NCCC(=O)Nc1nc(-c2ccccc2OC(F)F)cs1. The summed E-state index contributed by atoms with van der Waals surface area (Å²) in [7, 11) is 0. The molecule has 0 aliphatic rings. The van der Waals surface area contributed by atoms with Gasteiger partial charge in [-0.3, -0.25) is 9.59 Å². The van der Waals surface area contributed by atoms with E-state index in [0.717, 1.165) is 11.3 Å². The van der Waals surface area contributed by atoms with Crippen molar-refractivity contribution in [2.75, 3.05) is 11.9 Å². The standard InChI is InChI=1S/C20H17F2N3O4S/c21-19(22)29-16-6-2-1-5-14(16)15-12-30-20(24-15)25-18(27)9-10-23-17(26)8-7-13-4-3-11-28-13/h1-8,11-12,19H,9-10H2,(H,23,26)(H,24,25,27)/b8-7+. The Morgan fingerprint density at radius 2 is 2.07 bits per heavy atom. The predicted octanol–water partition coefficient (Wildman–Crippen LogP) is 4.16. The molecule has 0 aliphatic carbocycles. The topological polar surface area (TPSA) is 93.5 Å². The number of carbonyl (C=O) groups is 2. The van der Waals surface area contributed by atoms with E-state index >= 15 is 0 Å². The Labute approximate surface area is 174 Å². The Balaban J connectivity index is 1.49. The summed E-state index contributed by atoms with van der Waals surface area (Å²) in [5, 5.41) is 7.14. The van der Waals surface area contributed by atoms with Gasteiger partial charge < -0.3 is 19.8 Å². The van der Waals surface area contributed by atoms with Gasteiger partial charge in [0.15, 0.2) is 5.13 Å². The van der Waals surface area contributed by atoms with E-state index in [-0.39, 0.29) is 30.5 Å². The summed E-state index contributed by atoms with van der Waals surface area (Å²) in [6.07, 6.45) is 4.36. The number of anilines is 1. The summed E-state index contributed by atoms with van der Waals surface area (Å²) in [5.41, 5.74) is 0.799. The summed E-state index contributed by atoms with van der Waals surface area (Å²) < 4.78 is 34.7. The van der Waals surface area contributed by atoms with E-state index in [2.05, 4.69) is 20.4 Å². The third-order valence-electron chi connectivity index (χ3n) is 3.72. The summed E-state index contributed by atoms with van der Waals surface area (Å²) in [6, 6.07) is 9.68. The van der Waals surface area contributed by atoms with Crippen molar-refractivity contribution in [3.05, 3.63) is 59.9 Å². The van der Waals surface area contributed by atoms with Crippen molar-refractivity contribution in [1.82, 2.24) is 10.3 Å². The third-order valence-corrected chi connectivity index (χ3v) is 4.48. The zero-order valence-electron chi connectivity index (χ0n) is 15.5. The molecule has 156 valence electrons. The molecule has 2 aromatic heterocycles. The Hall–Kier alpha value is -3.53. The summed E-state index contributed by atoms with van der Waals surface area (Å²) >= 11 is 1.15. The molecule has 0 atom stereocenters. The molecule has 3 aromatic rings. The summed E-state index contributed by atoms with van der Waals surface area (Å²) in [6.45, 7) is -2.82. The van der Waals surface area contributed by atoms with E-state index in [9.17, 15) is 18.4 Å². The van der Waals surface area contributed by atoms with Crippen LogP contribution in [-0.2, 0) is 9.59 Å². The molecule has 0 aliphatic heterocycles. The zero-order chi connectivity index (χ0) is 21.3. The van der Waals surface area contributed by atoms with Crippen molar-refractivity contribution < 1.29 is 27.5 Å². The molecule has 0 spiro atoms. The van der Waals surface area contributed by atoms with Crippen LogP contribution < -0.4 is 15.4 Å². The third kappa shape index (κ3) is 6.24. The van der Waals surface area contributed by atoms with Crippen molar-refractivity contribution >= 4 is 34.4 Å². The Morgan fingerprint density at radius 3 is 2.83 bits per heavy atom. The van der Waals surface area contributed by atoms with Crippen LogP contribution in [0.2, 0.25) is 0 Å². The molecule has 2 heterocycles. The first-order chi connectivity index (χ1) is 14.5. The predicted molar refractivity (Wildman–Crippen MR) is 108 cm³/mol. The molecule has 1 aromatic carbocycles. The van der Waals surface area contributed by atoms with Crippen molar-refractivity contribution in [3.8, 4) is 17.0 Å². The average molecular weight is 433 g/mol. The number of nitrogens with one attached hydrogen (secondary N) is 2. The molecular weight excluding hydrogens is 416 g/mol. The van der Waals surface area contributed by atoms with Crippen LogP contribution in [-0.4, -0.2) is 30.0 Å². The Bertz CT molecular complexity index is 1020. The second kappa shape index (κ2) is 10.3. The lowest BCUT2D eigenvalue weighted by molar-refractivity contribution is -0.117. The number of ether oxygens (including phenoxy) is 1. The average Bonchev–Trinajstić information content (AvgIpc) is 3.38. The van der Waals surface area contributed by atoms with Gasteiger partial charge in [0.1, 0.15) is 11.5 Å². The van der Waals surface area contributed by atoms with Crippen LogP contribution in [0.4, 0.5) is 13.9 Å². The lowest BCUT2D eigenvalue weighted by Gasteiger charge is -2.08. The Morgan fingerprint density at radius 1 is 1.23 bits per heavy atom. The van der Waals surface area contributed by atoms with Crippen LogP contribution in [0.1, 0.15) is 12.2 Å². The fourth-order valence-electron chi connectivity index (χ4n) is 2.42. The molecule has 3 rings (SSSR count). The first-order valence-corrected chi connectivity index (χ1v) is 9.68. The molecule has 7 nitrogen and oxygen atoms in total. The number of aromatic nitrogens is 1. The lowest BCUT2D eigenvalue weighted by Crippen LogP contribution is -2.26. The fraction of sp³-hybridized carbons (Fsp3) is 0.150. The maximum absolute atomic E-state index is 12.6. The molecule has 10 heteroatoms. The van der Waals surface area contributed by atoms with Gasteiger partial charge in [0.25, 0.3) is 0 Å². The number of rotatable bonds is 9. The highest BCUT2D eigenvalue weighted by Gasteiger charge is 2.14. The second-order valence-corrected chi connectivity index (χ2v) is 6.71. The molecule has 2 N–H and O–H groups in total. The van der Waals surface area contributed by atoms with E-state index in [1.54, 1.807) is 35.7 Å². The minimum absolute atomic E-state index is 0.000919. The maximum Gasteiger partial charge on any atom is 0.387 e. The van der Waals surface area contributed by atoms with E-state index in [1.807, 2.05) is 0 Å². The largest absolute Gasteiger partial charge is 0.465 e. The maximum atomic E-state index is 12.6. The molecule has 0 bridgehead atoms. The monoisotopic (exact) mass is 433 g/mol. The summed E-state index contributed by atoms with van der Waals surface area (Å²) in [4.78, 5) is 28.0. The van der Waals surface area contributed by atoms with Crippen LogP contribution in [0.5, 0.6) is 5.75 Å². The molecule has 0 saturated heterocycles. The lowest BCUT2D eigenvalue weighted by atomic mass is 10.1. The minimum Gasteiger partial charge on any atom is -0.465 e. The van der Waals surface area contributed by atoms with Gasteiger partial charge in [0, 0.05) is 30.0 Å². The molecule has 0 fully saturated rings. The first-order valence-electron chi connectivity index (χ1n) is 8.80. The number of hydrogen-bond acceptors (Lipinski definition) is 6. The number of furan rings is 1. The highest BCUT2D eigenvalue weighted by molar-refractivity contribution is 7.14. The van der Waals surface area contributed by atoms with Crippen LogP contribution in [0, 0.1) is 0 Å². The van der Waals surface area contributed by atoms with Gasteiger partial charge in [-0.2, -0.15) is 8.78 Å². The number of thiazole rings is 1. The van der Waals surface area contributed by atoms with Gasteiger partial charge in [-0.15, -0.1) is 11.3 Å². The van der Waals surface area contributed by atoms with Gasteiger partial charge >= 0.3 is 6.61 Å². The molecule has 0 unspecified atom stereocenters. The van der Waals surface area contributed by atoms with Gasteiger partial charge in [-0.05, 0) is 30.3 Å². The number of halogens is 2. The number of amides is 2. The van der Waals surface area contributed by atoms with Gasteiger partial charge in [0.2, 0.25) is 11.8 Å². The van der Waals surface area contributed by atoms with Gasteiger partial charge in [0.05, 0.1) is 12.0 Å². The molecule has 0 saturated carbocycles. The van der Waals surface area contributed by atoms with E-state index < -0.39 is 6.61 Å². The van der Waals surface area contributed by atoms with E-state index in [4.69, 9.17) is 4.42 Å². The molecule has 30 heavy (non-hydrogen) atoms. The smallest absolute Gasteiger partial charge is 0.387 e. The number of alkyl halides is 2. The number of benzene rings is 1. The van der Waals surface area contributed by atoms with Crippen molar-refractivity contribution in [1.29, 1.82) is 0 Å². The molecule has 2 amide bonds. The summed E-state index contributed by atoms with van der Waals surface area (Å²) in [5.74, 6) is -0.154. The van der Waals surface area contributed by atoms with Crippen LogP contribution in [0.25, 0.3) is 17.3 Å². The van der Waals surface area contributed by atoms with E-state index in [0.29, 0.717) is 22.1 Å². The number of nitrogens with zero attached hydrogens (tertiary/aromatic N) is 1. The quantitative estimate of drug-likeness (QED) is 0.494.